The van der Waals surface area contributed by atoms with Gasteiger partial charge in [0.2, 0.25) is 6.20 Å². The first-order chi connectivity index (χ1) is 8.17. The zero-order valence-corrected chi connectivity index (χ0v) is 9.83. The molecule has 92 valence electrons. The third-order valence-electron chi connectivity index (χ3n) is 2.34. The summed E-state index contributed by atoms with van der Waals surface area (Å²) in [4.78, 5) is 9.80. The molecule has 1 aromatic carbocycles. The molecule has 0 saturated carbocycles. The molecule has 17 heavy (non-hydrogen) atoms. The van der Waals surface area contributed by atoms with Gasteiger partial charge in [0, 0.05) is 26.7 Å². The van der Waals surface area contributed by atoms with Crippen LogP contribution in [0.5, 0.6) is 0 Å². The molecule has 0 unspecified atom stereocenters. The number of nitro groups is 1. The van der Waals surface area contributed by atoms with Gasteiger partial charge in [-0.3, -0.25) is 10.1 Å². The number of nitrogens with zero attached hydrogens (tertiary/aromatic N) is 1. The summed E-state index contributed by atoms with van der Waals surface area (Å²) in [6.07, 6.45) is 2.59. The first-order valence-corrected chi connectivity index (χ1v) is 5.12. The molecule has 0 amide bonds. The Morgan fingerprint density at radius 1 is 1.35 bits per heavy atom. The van der Waals surface area contributed by atoms with Crippen molar-refractivity contribution >= 4 is 6.08 Å². The minimum absolute atomic E-state index is 0.347. The molecular formula is C12H15NO4. The second kappa shape index (κ2) is 6.78. The van der Waals surface area contributed by atoms with Crippen molar-refractivity contribution < 1.29 is 14.4 Å². The van der Waals surface area contributed by atoms with Gasteiger partial charge in [-0.05, 0) is 11.1 Å². The van der Waals surface area contributed by atoms with Gasteiger partial charge in [0.05, 0.1) is 4.92 Å². The van der Waals surface area contributed by atoms with Gasteiger partial charge in [-0.15, -0.1) is 0 Å². The SMILES string of the molecule is COC(Cc1ccccc1/C=C/[N+](=O)[O-])OC. The maximum Gasteiger partial charge on any atom is 0.235 e. The number of rotatable bonds is 6. The van der Waals surface area contributed by atoms with Crippen LogP contribution >= 0.6 is 0 Å². The van der Waals surface area contributed by atoms with Gasteiger partial charge in [-0.1, -0.05) is 24.3 Å². The molecule has 5 nitrogen and oxygen atoms in total. The van der Waals surface area contributed by atoms with Crippen molar-refractivity contribution in [1.82, 2.24) is 0 Å². The summed E-state index contributed by atoms with van der Waals surface area (Å²) in [5.41, 5.74) is 1.74. The van der Waals surface area contributed by atoms with Crippen molar-refractivity contribution in [2.45, 2.75) is 12.7 Å². The second-order valence-electron chi connectivity index (χ2n) is 3.40. The standard InChI is InChI=1S/C12H15NO4/c1-16-12(17-2)9-11-6-4-3-5-10(11)7-8-13(14)15/h3-8,12H,9H2,1-2H3/b8-7+. The molecule has 0 spiro atoms. The highest BCUT2D eigenvalue weighted by Gasteiger charge is 2.09. The highest BCUT2D eigenvalue weighted by Crippen LogP contribution is 2.14. The Balaban J connectivity index is 2.87. The predicted octanol–water partition coefficient (Wildman–Crippen LogP) is 2.10. The van der Waals surface area contributed by atoms with E-state index in [2.05, 4.69) is 0 Å². The van der Waals surface area contributed by atoms with E-state index in [0.29, 0.717) is 6.42 Å². The van der Waals surface area contributed by atoms with Crippen LogP contribution in [0.3, 0.4) is 0 Å². The molecule has 0 atom stereocenters. The Hall–Kier alpha value is -1.72. The molecule has 1 rings (SSSR count). The Morgan fingerprint density at radius 3 is 2.59 bits per heavy atom. The normalized spacial score (nSPS) is 11.2. The van der Waals surface area contributed by atoms with Crippen LogP contribution in [0, 0.1) is 10.1 Å². The summed E-state index contributed by atoms with van der Waals surface area (Å²) < 4.78 is 10.2. The molecule has 0 aromatic heterocycles. The lowest BCUT2D eigenvalue weighted by Gasteiger charge is -2.14. The summed E-state index contributed by atoms with van der Waals surface area (Å²) in [6, 6.07) is 7.42. The minimum atomic E-state index is -0.485. The van der Waals surface area contributed by atoms with Crippen molar-refractivity contribution in [3.8, 4) is 0 Å². The van der Waals surface area contributed by atoms with Gasteiger partial charge in [0.25, 0.3) is 0 Å². The molecule has 0 heterocycles. The average Bonchev–Trinajstić information content (AvgIpc) is 2.34. The highest BCUT2D eigenvalue weighted by molar-refractivity contribution is 5.52. The first kappa shape index (κ1) is 13.3. The lowest BCUT2D eigenvalue weighted by atomic mass is 10.0. The monoisotopic (exact) mass is 237 g/mol. The third-order valence-corrected chi connectivity index (χ3v) is 2.34. The fourth-order valence-corrected chi connectivity index (χ4v) is 1.47. The molecule has 0 fully saturated rings. The molecular weight excluding hydrogens is 222 g/mol. The van der Waals surface area contributed by atoms with Crippen LogP contribution in [0.1, 0.15) is 11.1 Å². The van der Waals surface area contributed by atoms with Gasteiger partial charge in [-0.2, -0.15) is 0 Å². The third kappa shape index (κ3) is 4.34. The van der Waals surface area contributed by atoms with Crippen molar-refractivity contribution in [1.29, 1.82) is 0 Å². The van der Waals surface area contributed by atoms with Gasteiger partial charge < -0.3 is 9.47 Å². The number of hydrogen-bond donors (Lipinski definition) is 0. The lowest BCUT2D eigenvalue weighted by Crippen LogP contribution is -2.16. The van der Waals surface area contributed by atoms with E-state index in [4.69, 9.17) is 9.47 Å². The predicted molar refractivity (Wildman–Crippen MR) is 64.0 cm³/mol. The molecule has 0 aliphatic heterocycles. The van der Waals surface area contributed by atoms with Crippen LogP contribution in [0.15, 0.2) is 30.5 Å². The van der Waals surface area contributed by atoms with Gasteiger partial charge >= 0.3 is 0 Å². The molecule has 0 aliphatic rings. The number of ether oxygens (including phenoxy) is 2. The molecule has 0 N–H and O–H groups in total. The Bertz CT molecular complexity index is 399. The van der Waals surface area contributed by atoms with Gasteiger partial charge in [0.15, 0.2) is 6.29 Å². The van der Waals surface area contributed by atoms with Crippen LogP contribution in [0.25, 0.3) is 6.08 Å². The molecule has 0 aliphatic carbocycles. The van der Waals surface area contributed by atoms with Crippen LogP contribution in [-0.4, -0.2) is 25.4 Å². The quantitative estimate of drug-likeness (QED) is 0.432. The molecule has 0 saturated heterocycles. The second-order valence-corrected chi connectivity index (χ2v) is 3.40. The Labute approximate surface area is 99.8 Å². The van der Waals surface area contributed by atoms with E-state index in [1.807, 2.05) is 24.3 Å². The van der Waals surface area contributed by atoms with E-state index in [-0.39, 0.29) is 6.29 Å². The minimum Gasteiger partial charge on any atom is -0.356 e. The largest absolute Gasteiger partial charge is 0.356 e. The maximum absolute atomic E-state index is 10.3. The zero-order chi connectivity index (χ0) is 12.7. The topological polar surface area (TPSA) is 61.6 Å². The summed E-state index contributed by atoms with van der Waals surface area (Å²) in [7, 11) is 3.12. The molecule has 1 aromatic rings. The molecule has 0 bridgehead atoms. The fourth-order valence-electron chi connectivity index (χ4n) is 1.47. The molecule has 5 heteroatoms. The van der Waals surface area contributed by atoms with Crippen molar-refractivity contribution in [3.63, 3.8) is 0 Å². The van der Waals surface area contributed by atoms with E-state index in [9.17, 15) is 10.1 Å². The van der Waals surface area contributed by atoms with E-state index >= 15 is 0 Å². The number of methoxy groups -OCH3 is 2. The smallest absolute Gasteiger partial charge is 0.235 e. The van der Waals surface area contributed by atoms with Crippen molar-refractivity contribution in [2.75, 3.05) is 14.2 Å². The Morgan fingerprint density at radius 2 is 2.00 bits per heavy atom. The zero-order valence-electron chi connectivity index (χ0n) is 9.83. The first-order valence-electron chi connectivity index (χ1n) is 5.12. The fraction of sp³-hybridized carbons (Fsp3) is 0.333. The Kier molecular flexibility index (Phi) is 5.32. The van der Waals surface area contributed by atoms with E-state index in [1.165, 1.54) is 6.08 Å². The summed E-state index contributed by atoms with van der Waals surface area (Å²) in [5.74, 6) is 0. The van der Waals surface area contributed by atoms with Crippen LogP contribution in [0.4, 0.5) is 0 Å². The van der Waals surface area contributed by atoms with Crippen LogP contribution < -0.4 is 0 Å². The van der Waals surface area contributed by atoms with E-state index in [1.54, 1.807) is 14.2 Å². The number of benzene rings is 1. The summed E-state index contributed by atoms with van der Waals surface area (Å²) in [5, 5.41) is 10.3. The maximum atomic E-state index is 10.3. The van der Waals surface area contributed by atoms with E-state index < -0.39 is 4.92 Å². The van der Waals surface area contributed by atoms with Crippen LogP contribution in [-0.2, 0) is 15.9 Å². The van der Waals surface area contributed by atoms with Crippen LogP contribution in [0.2, 0.25) is 0 Å². The number of hydrogen-bond acceptors (Lipinski definition) is 4. The van der Waals surface area contributed by atoms with Gasteiger partial charge in [0.1, 0.15) is 0 Å². The molecule has 0 radical (unpaired) electrons. The summed E-state index contributed by atoms with van der Waals surface area (Å²) >= 11 is 0. The van der Waals surface area contributed by atoms with Crippen molar-refractivity contribution in [3.05, 3.63) is 51.7 Å². The summed E-state index contributed by atoms with van der Waals surface area (Å²) in [6.45, 7) is 0. The average molecular weight is 237 g/mol. The van der Waals surface area contributed by atoms with Gasteiger partial charge in [-0.25, -0.2) is 0 Å². The lowest BCUT2D eigenvalue weighted by molar-refractivity contribution is -0.400. The van der Waals surface area contributed by atoms with E-state index in [0.717, 1.165) is 17.3 Å². The highest BCUT2D eigenvalue weighted by atomic mass is 16.7. The van der Waals surface area contributed by atoms with Crippen molar-refractivity contribution in [2.24, 2.45) is 0 Å².